The van der Waals surface area contributed by atoms with Gasteiger partial charge >= 0.3 is 5.97 Å². The number of carbonyl (C=O) groups is 1. The highest BCUT2D eigenvalue weighted by Gasteiger charge is 2.07. The number of methoxy groups -OCH3 is 1. The van der Waals surface area contributed by atoms with E-state index in [1.165, 1.54) is 7.11 Å². The van der Waals surface area contributed by atoms with E-state index in [-0.39, 0.29) is 5.97 Å². The number of rotatable bonds is 4. The van der Waals surface area contributed by atoms with E-state index in [9.17, 15) is 4.79 Å². The number of hydrogen-bond acceptors (Lipinski definition) is 5. The van der Waals surface area contributed by atoms with Crippen molar-refractivity contribution in [3.63, 3.8) is 0 Å². The van der Waals surface area contributed by atoms with Crippen LogP contribution in [-0.4, -0.2) is 23.8 Å². The van der Waals surface area contributed by atoms with Crippen molar-refractivity contribution in [2.45, 2.75) is 18.2 Å². The zero-order valence-corrected chi connectivity index (χ0v) is 11.8. The first-order valence-electron chi connectivity index (χ1n) is 5.96. The van der Waals surface area contributed by atoms with Crippen molar-refractivity contribution in [1.29, 1.82) is 0 Å². The molecule has 0 atom stereocenters. The maximum atomic E-state index is 11.1. The topological polar surface area (TPSA) is 65.2 Å². The second-order valence-electron chi connectivity index (χ2n) is 4.21. The van der Waals surface area contributed by atoms with Crippen molar-refractivity contribution in [3.8, 4) is 0 Å². The number of esters is 1. The van der Waals surface area contributed by atoms with E-state index in [0.29, 0.717) is 17.9 Å². The summed E-state index contributed by atoms with van der Waals surface area (Å²) in [6, 6.07) is 7.70. The highest BCUT2D eigenvalue weighted by atomic mass is 32.2. The number of fused-ring (bicyclic) bond motifs is 1. The van der Waals surface area contributed by atoms with Gasteiger partial charge in [-0.2, -0.15) is 0 Å². The van der Waals surface area contributed by atoms with Crippen LogP contribution in [0.4, 0.5) is 5.69 Å². The number of nitrogen functional groups attached to an aromatic ring is 1. The molecule has 0 amide bonds. The van der Waals surface area contributed by atoms with Gasteiger partial charge in [0.2, 0.25) is 0 Å². The molecule has 0 saturated heterocycles. The van der Waals surface area contributed by atoms with Crippen LogP contribution >= 0.6 is 11.8 Å². The number of hydrogen-bond donors (Lipinski definition) is 1. The summed E-state index contributed by atoms with van der Waals surface area (Å²) in [5.74, 6) is 0.488. The molecule has 100 valence electrons. The summed E-state index contributed by atoms with van der Waals surface area (Å²) in [6.07, 6.45) is 0.395. The summed E-state index contributed by atoms with van der Waals surface area (Å²) < 4.78 is 4.63. The minimum atomic E-state index is -0.193. The summed E-state index contributed by atoms with van der Waals surface area (Å²) in [6.45, 7) is 1.96. The lowest BCUT2D eigenvalue weighted by Crippen LogP contribution is -2.01. The van der Waals surface area contributed by atoms with Gasteiger partial charge in [-0.15, -0.1) is 11.8 Å². The van der Waals surface area contributed by atoms with Gasteiger partial charge in [-0.25, -0.2) is 0 Å². The maximum Gasteiger partial charge on any atom is 0.306 e. The molecule has 0 saturated carbocycles. The normalized spacial score (nSPS) is 10.6. The molecular weight excluding hydrogens is 260 g/mol. The molecule has 1 aromatic heterocycles. The standard InChI is InChI=1S/C14H16N2O2S/c1-9-7-13(19-6-5-14(17)18-2)11-8-10(15)3-4-12(11)16-9/h3-4,7-8H,5-6,15H2,1-2H3. The number of aryl methyl sites for hydroxylation is 1. The van der Waals surface area contributed by atoms with Crippen LogP contribution in [0.3, 0.4) is 0 Å². The van der Waals surface area contributed by atoms with Crippen LogP contribution in [0.2, 0.25) is 0 Å². The number of ether oxygens (including phenoxy) is 1. The van der Waals surface area contributed by atoms with Gasteiger partial charge in [0.15, 0.2) is 0 Å². The molecule has 2 N–H and O–H groups in total. The highest BCUT2D eigenvalue weighted by Crippen LogP contribution is 2.29. The Hall–Kier alpha value is -1.75. The number of carbonyl (C=O) groups excluding carboxylic acids is 1. The lowest BCUT2D eigenvalue weighted by Gasteiger charge is -2.08. The van der Waals surface area contributed by atoms with Crippen molar-refractivity contribution < 1.29 is 9.53 Å². The maximum absolute atomic E-state index is 11.1. The van der Waals surface area contributed by atoms with Gasteiger partial charge in [-0.1, -0.05) is 0 Å². The molecule has 0 radical (unpaired) electrons. The van der Waals surface area contributed by atoms with Crippen LogP contribution in [0.25, 0.3) is 10.9 Å². The minimum absolute atomic E-state index is 0.193. The fourth-order valence-electron chi connectivity index (χ4n) is 1.80. The monoisotopic (exact) mass is 276 g/mol. The number of thioether (sulfide) groups is 1. The Morgan fingerprint density at radius 3 is 2.95 bits per heavy atom. The second-order valence-corrected chi connectivity index (χ2v) is 5.35. The lowest BCUT2D eigenvalue weighted by molar-refractivity contribution is -0.140. The van der Waals surface area contributed by atoms with Crippen LogP contribution in [0.1, 0.15) is 12.1 Å². The van der Waals surface area contributed by atoms with E-state index in [4.69, 9.17) is 5.73 Å². The third kappa shape index (κ3) is 3.38. The van der Waals surface area contributed by atoms with Gasteiger partial charge in [0.05, 0.1) is 19.0 Å². The third-order valence-corrected chi connectivity index (χ3v) is 3.77. The molecule has 0 spiro atoms. The Balaban J connectivity index is 2.25. The SMILES string of the molecule is COC(=O)CCSc1cc(C)nc2ccc(N)cc12. The van der Waals surface area contributed by atoms with Gasteiger partial charge < -0.3 is 10.5 Å². The molecule has 2 rings (SSSR count). The number of anilines is 1. The van der Waals surface area contributed by atoms with Crippen molar-refractivity contribution >= 4 is 34.3 Å². The van der Waals surface area contributed by atoms with Crippen LogP contribution in [0.15, 0.2) is 29.2 Å². The summed E-state index contributed by atoms with van der Waals surface area (Å²) in [7, 11) is 1.40. The van der Waals surface area contributed by atoms with Gasteiger partial charge in [-0.3, -0.25) is 9.78 Å². The van der Waals surface area contributed by atoms with Crippen LogP contribution in [0, 0.1) is 6.92 Å². The summed E-state index contributed by atoms with van der Waals surface area (Å²) in [4.78, 5) is 16.7. The summed E-state index contributed by atoms with van der Waals surface area (Å²) >= 11 is 1.62. The van der Waals surface area contributed by atoms with Crippen molar-refractivity contribution in [2.24, 2.45) is 0 Å². The first-order valence-corrected chi connectivity index (χ1v) is 6.95. The number of benzene rings is 1. The van der Waals surface area contributed by atoms with Crippen molar-refractivity contribution in [2.75, 3.05) is 18.6 Å². The molecule has 1 heterocycles. The van der Waals surface area contributed by atoms with Gasteiger partial charge in [-0.05, 0) is 31.2 Å². The molecule has 5 heteroatoms. The quantitative estimate of drug-likeness (QED) is 0.528. The zero-order valence-electron chi connectivity index (χ0n) is 11.0. The Labute approximate surface area is 116 Å². The zero-order chi connectivity index (χ0) is 13.8. The van der Waals surface area contributed by atoms with Gasteiger partial charge in [0, 0.05) is 27.4 Å². The molecule has 0 unspecified atom stereocenters. The Morgan fingerprint density at radius 1 is 1.42 bits per heavy atom. The lowest BCUT2D eigenvalue weighted by atomic mass is 10.2. The van der Waals surface area contributed by atoms with E-state index in [2.05, 4.69) is 9.72 Å². The second kappa shape index (κ2) is 5.93. The summed E-state index contributed by atoms with van der Waals surface area (Å²) in [5, 5.41) is 1.03. The molecular formula is C14H16N2O2S. The van der Waals surface area contributed by atoms with Crippen molar-refractivity contribution in [3.05, 3.63) is 30.0 Å². The average molecular weight is 276 g/mol. The van der Waals surface area contributed by atoms with Crippen LogP contribution in [-0.2, 0) is 9.53 Å². The average Bonchev–Trinajstić information content (AvgIpc) is 2.39. The molecule has 0 bridgehead atoms. The Kier molecular flexibility index (Phi) is 4.27. The molecule has 0 aliphatic carbocycles. The predicted molar refractivity (Wildman–Crippen MR) is 78.2 cm³/mol. The Bertz CT molecular complexity index is 614. The predicted octanol–water partition coefficient (Wildman–Crippen LogP) is 2.78. The number of pyridine rings is 1. The molecule has 2 aromatic rings. The molecule has 4 nitrogen and oxygen atoms in total. The molecule has 0 fully saturated rings. The molecule has 0 aliphatic rings. The van der Waals surface area contributed by atoms with E-state index < -0.39 is 0 Å². The Morgan fingerprint density at radius 2 is 2.21 bits per heavy atom. The van der Waals surface area contributed by atoms with Crippen LogP contribution in [0.5, 0.6) is 0 Å². The summed E-state index contributed by atoms with van der Waals surface area (Å²) in [5.41, 5.74) is 8.42. The number of nitrogens with two attached hydrogens (primary N) is 1. The molecule has 1 aromatic carbocycles. The first-order chi connectivity index (χ1) is 9.10. The van der Waals surface area contributed by atoms with E-state index in [1.54, 1.807) is 11.8 Å². The smallest absolute Gasteiger partial charge is 0.306 e. The van der Waals surface area contributed by atoms with E-state index >= 15 is 0 Å². The fraction of sp³-hybridized carbons (Fsp3) is 0.286. The van der Waals surface area contributed by atoms with E-state index in [0.717, 1.165) is 21.5 Å². The van der Waals surface area contributed by atoms with Gasteiger partial charge in [0.1, 0.15) is 0 Å². The fourth-order valence-corrected chi connectivity index (χ4v) is 2.87. The number of aromatic nitrogens is 1. The highest BCUT2D eigenvalue weighted by molar-refractivity contribution is 7.99. The largest absolute Gasteiger partial charge is 0.469 e. The van der Waals surface area contributed by atoms with E-state index in [1.807, 2.05) is 31.2 Å². The third-order valence-electron chi connectivity index (χ3n) is 2.71. The molecule has 0 aliphatic heterocycles. The number of nitrogens with zero attached hydrogens (tertiary/aromatic N) is 1. The van der Waals surface area contributed by atoms with Crippen LogP contribution < -0.4 is 5.73 Å². The van der Waals surface area contributed by atoms with Gasteiger partial charge in [0.25, 0.3) is 0 Å². The minimum Gasteiger partial charge on any atom is -0.469 e. The van der Waals surface area contributed by atoms with Crippen molar-refractivity contribution in [1.82, 2.24) is 4.98 Å². The first kappa shape index (κ1) is 13.7. The molecule has 19 heavy (non-hydrogen) atoms.